The van der Waals surface area contributed by atoms with Crippen molar-refractivity contribution in [2.24, 2.45) is 5.73 Å². The molecule has 2 aliphatic rings. The van der Waals surface area contributed by atoms with Crippen LogP contribution in [0, 0.1) is 0 Å². The lowest BCUT2D eigenvalue weighted by atomic mass is 9.88. The largest absolute Gasteiger partial charge is 0.364 e. The predicted octanol–water partition coefficient (Wildman–Crippen LogP) is 0.998. The molecule has 0 saturated carbocycles. The number of fused-ring (bicyclic) bond motifs is 2. The number of hydrogen-bond acceptors (Lipinski definition) is 4. The van der Waals surface area contributed by atoms with E-state index in [1.165, 1.54) is 12.3 Å². The highest BCUT2D eigenvalue weighted by molar-refractivity contribution is 5.90. The van der Waals surface area contributed by atoms with Crippen LogP contribution >= 0.6 is 0 Å². The molecule has 3 heterocycles. The maximum atomic E-state index is 11.9. The number of hydrogen-bond donors (Lipinski definition) is 1. The first kappa shape index (κ1) is 13.7. The molecule has 1 aromatic heterocycles. The Morgan fingerprint density at radius 2 is 1.90 bits per heavy atom. The Morgan fingerprint density at radius 3 is 2.38 bits per heavy atom. The molecule has 6 nitrogen and oxygen atoms in total. The standard InChI is InChI=1S/C15H18N4O2/c1-2-14(20)19-10-3-4-11(19)6-9(5-10)12-7-18-13(8-17-12)15(16)21/h2,7-11H,1,3-6H2,(H2,16,21)/t9?,10-,11+. The Kier molecular flexibility index (Phi) is 3.45. The van der Waals surface area contributed by atoms with Crippen LogP contribution in [0.25, 0.3) is 0 Å². The second kappa shape index (κ2) is 5.27. The van der Waals surface area contributed by atoms with Crippen molar-refractivity contribution >= 4 is 11.8 Å². The van der Waals surface area contributed by atoms with Crippen LogP contribution in [0.1, 0.15) is 47.8 Å². The summed E-state index contributed by atoms with van der Waals surface area (Å²) in [4.78, 5) is 33.3. The van der Waals surface area contributed by atoms with Gasteiger partial charge in [0.1, 0.15) is 5.69 Å². The minimum atomic E-state index is -0.569. The van der Waals surface area contributed by atoms with Crippen LogP contribution in [0.5, 0.6) is 0 Å². The molecule has 3 rings (SSSR count). The molecule has 2 fully saturated rings. The topological polar surface area (TPSA) is 89.2 Å². The second-order valence-electron chi connectivity index (χ2n) is 5.69. The van der Waals surface area contributed by atoms with Gasteiger partial charge in [-0.15, -0.1) is 0 Å². The van der Waals surface area contributed by atoms with Crippen molar-refractivity contribution in [2.75, 3.05) is 0 Å². The molecule has 110 valence electrons. The molecule has 0 aliphatic carbocycles. The Balaban J connectivity index is 1.77. The molecule has 3 atom stereocenters. The highest BCUT2D eigenvalue weighted by atomic mass is 16.2. The lowest BCUT2D eigenvalue weighted by molar-refractivity contribution is -0.130. The van der Waals surface area contributed by atoms with Crippen molar-refractivity contribution in [3.8, 4) is 0 Å². The van der Waals surface area contributed by atoms with E-state index in [9.17, 15) is 9.59 Å². The van der Waals surface area contributed by atoms with Gasteiger partial charge in [-0.1, -0.05) is 6.58 Å². The normalized spacial score (nSPS) is 27.4. The van der Waals surface area contributed by atoms with Crippen LogP contribution in [0.3, 0.4) is 0 Å². The minimum Gasteiger partial charge on any atom is -0.364 e. The third-order valence-electron chi connectivity index (χ3n) is 4.50. The van der Waals surface area contributed by atoms with Crippen LogP contribution in [-0.4, -0.2) is 38.8 Å². The number of aromatic nitrogens is 2. The molecule has 2 aliphatic heterocycles. The second-order valence-corrected chi connectivity index (χ2v) is 5.69. The van der Waals surface area contributed by atoms with Gasteiger partial charge in [-0.2, -0.15) is 0 Å². The van der Waals surface area contributed by atoms with Crippen molar-refractivity contribution < 1.29 is 9.59 Å². The molecule has 0 aromatic carbocycles. The molecule has 0 spiro atoms. The van der Waals surface area contributed by atoms with E-state index in [2.05, 4.69) is 16.5 Å². The summed E-state index contributed by atoms with van der Waals surface area (Å²) in [6, 6.07) is 0.522. The van der Waals surface area contributed by atoms with E-state index < -0.39 is 5.91 Å². The summed E-state index contributed by atoms with van der Waals surface area (Å²) in [5.74, 6) is -0.262. The lowest BCUT2D eigenvalue weighted by Crippen LogP contribution is -2.45. The summed E-state index contributed by atoms with van der Waals surface area (Å²) in [6.07, 6.45) is 8.31. The van der Waals surface area contributed by atoms with E-state index in [0.29, 0.717) is 0 Å². The number of nitrogens with two attached hydrogens (primary N) is 1. The Bertz CT molecular complexity index is 570. The average Bonchev–Trinajstić information content (AvgIpc) is 2.76. The molecule has 2 bridgehead atoms. The van der Waals surface area contributed by atoms with Gasteiger partial charge in [-0.3, -0.25) is 14.6 Å². The number of rotatable bonds is 3. The van der Waals surface area contributed by atoms with Gasteiger partial charge >= 0.3 is 0 Å². The minimum absolute atomic E-state index is 0.0242. The maximum Gasteiger partial charge on any atom is 0.268 e. The molecule has 2 amide bonds. The van der Waals surface area contributed by atoms with Gasteiger partial charge in [0, 0.05) is 24.2 Å². The van der Waals surface area contributed by atoms with E-state index in [-0.39, 0.29) is 29.6 Å². The van der Waals surface area contributed by atoms with Gasteiger partial charge in [-0.05, 0) is 31.8 Å². The zero-order chi connectivity index (χ0) is 15.0. The van der Waals surface area contributed by atoms with Gasteiger partial charge in [0.25, 0.3) is 5.91 Å². The molecule has 1 unspecified atom stereocenters. The summed E-state index contributed by atoms with van der Waals surface area (Å²) < 4.78 is 0. The van der Waals surface area contributed by atoms with Crippen LogP contribution in [0.15, 0.2) is 25.0 Å². The van der Waals surface area contributed by atoms with E-state index in [1.807, 2.05) is 4.90 Å². The smallest absolute Gasteiger partial charge is 0.268 e. The first-order valence-electron chi connectivity index (χ1n) is 7.16. The van der Waals surface area contributed by atoms with Crippen molar-refractivity contribution in [3.63, 3.8) is 0 Å². The van der Waals surface area contributed by atoms with Gasteiger partial charge in [0.2, 0.25) is 5.91 Å². The summed E-state index contributed by atoms with van der Waals surface area (Å²) in [5, 5.41) is 0. The van der Waals surface area contributed by atoms with Gasteiger partial charge in [-0.25, -0.2) is 4.98 Å². The van der Waals surface area contributed by atoms with E-state index in [4.69, 9.17) is 5.73 Å². The monoisotopic (exact) mass is 286 g/mol. The van der Waals surface area contributed by atoms with Crippen LogP contribution in [0.4, 0.5) is 0 Å². The van der Waals surface area contributed by atoms with Gasteiger partial charge in [0.05, 0.1) is 11.9 Å². The van der Waals surface area contributed by atoms with E-state index in [1.54, 1.807) is 6.20 Å². The quantitative estimate of drug-likeness (QED) is 0.839. The lowest BCUT2D eigenvalue weighted by Gasteiger charge is -2.38. The Morgan fingerprint density at radius 1 is 1.24 bits per heavy atom. The zero-order valence-electron chi connectivity index (χ0n) is 11.7. The predicted molar refractivity (Wildman–Crippen MR) is 76.4 cm³/mol. The summed E-state index contributed by atoms with van der Waals surface area (Å²) >= 11 is 0. The molecular formula is C15H18N4O2. The van der Waals surface area contributed by atoms with Crippen LogP contribution in [-0.2, 0) is 4.79 Å². The molecule has 0 radical (unpaired) electrons. The summed E-state index contributed by atoms with van der Waals surface area (Å²) in [5.41, 5.74) is 6.23. The van der Waals surface area contributed by atoms with Gasteiger partial charge < -0.3 is 10.6 Å². The van der Waals surface area contributed by atoms with Gasteiger partial charge in [0.15, 0.2) is 0 Å². The van der Waals surface area contributed by atoms with Crippen molar-refractivity contribution in [1.82, 2.24) is 14.9 Å². The van der Waals surface area contributed by atoms with E-state index >= 15 is 0 Å². The highest BCUT2D eigenvalue weighted by Crippen LogP contribution is 2.42. The van der Waals surface area contributed by atoms with Crippen molar-refractivity contribution in [1.29, 1.82) is 0 Å². The number of primary amides is 1. The number of nitrogens with zero attached hydrogens (tertiary/aromatic N) is 3. The molecule has 21 heavy (non-hydrogen) atoms. The molecular weight excluding hydrogens is 268 g/mol. The Hall–Kier alpha value is -2.24. The molecule has 6 heteroatoms. The molecule has 2 N–H and O–H groups in total. The fourth-order valence-corrected chi connectivity index (χ4v) is 3.56. The summed E-state index contributed by atoms with van der Waals surface area (Å²) in [6.45, 7) is 3.58. The molecule has 2 saturated heterocycles. The fraction of sp³-hybridized carbons (Fsp3) is 0.467. The van der Waals surface area contributed by atoms with Crippen LogP contribution in [0.2, 0.25) is 0 Å². The number of amides is 2. The van der Waals surface area contributed by atoms with Crippen molar-refractivity contribution in [2.45, 2.75) is 43.7 Å². The first-order chi connectivity index (χ1) is 10.1. The number of piperidine rings is 1. The Labute approximate surface area is 123 Å². The zero-order valence-corrected chi connectivity index (χ0v) is 11.7. The number of carbonyl (C=O) groups excluding carboxylic acids is 2. The highest BCUT2D eigenvalue weighted by Gasteiger charge is 2.43. The third kappa shape index (κ3) is 2.41. The number of carbonyl (C=O) groups is 2. The summed E-state index contributed by atoms with van der Waals surface area (Å²) in [7, 11) is 0. The van der Waals surface area contributed by atoms with Crippen molar-refractivity contribution in [3.05, 3.63) is 36.4 Å². The average molecular weight is 286 g/mol. The van der Waals surface area contributed by atoms with E-state index in [0.717, 1.165) is 31.4 Å². The first-order valence-corrected chi connectivity index (χ1v) is 7.16. The van der Waals surface area contributed by atoms with Crippen LogP contribution < -0.4 is 5.73 Å². The fourth-order valence-electron chi connectivity index (χ4n) is 3.56. The molecule has 1 aromatic rings. The SMILES string of the molecule is C=CC(=O)N1[C@@H]2CC[C@H]1CC(c1cnc(C(N)=O)cn1)C2. The maximum absolute atomic E-state index is 11.9. The third-order valence-corrected chi connectivity index (χ3v) is 4.50.